The number of aromatic nitrogens is 1. The van der Waals surface area contributed by atoms with Crippen LogP contribution in [0.5, 0.6) is 5.75 Å². The Morgan fingerprint density at radius 1 is 1.11 bits per heavy atom. The molecule has 8 heteroatoms. The molecule has 0 saturated heterocycles. The minimum absolute atomic E-state index is 0.242. The topological polar surface area (TPSA) is 85.8 Å². The summed E-state index contributed by atoms with van der Waals surface area (Å²) in [5.41, 5.74) is 2.11. The molecule has 5 rings (SSSR count). The smallest absolute Gasteiger partial charge is 0.271 e. The van der Waals surface area contributed by atoms with E-state index < -0.39 is 6.04 Å². The molecule has 3 heterocycles. The third-order valence-corrected chi connectivity index (χ3v) is 6.72. The highest BCUT2D eigenvalue weighted by molar-refractivity contribution is 7.07. The first-order valence-electron chi connectivity index (χ1n) is 11.0. The number of anilines is 1. The van der Waals surface area contributed by atoms with Gasteiger partial charge in [-0.25, -0.2) is 4.99 Å². The Morgan fingerprint density at radius 3 is 2.63 bits per heavy atom. The lowest BCUT2D eigenvalue weighted by Gasteiger charge is -2.25. The van der Waals surface area contributed by atoms with Crippen LogP contribution in [-0.4, -0.2) is 17.6 Å². The van der Waals surface area contributed by atoms with E-state index in [2.05, 4.69) is 10.3 Å². The number of methoxy groups -OCH3 is 1. The van der Waals surface area contributed by atoms with Gasteiger partial charge in [0, 0.05) is 11.8 Å². The number of carbonyl (C=O) groups is 1. The lowest BCUT2D eigenvalue weighted by molar-refractivity contribution is -0.113. The van der Waals surface area contributed by atoms with Crippen molar-refractivity contribution in [2.45, 2.75) is 19.9 Å². The third kappa shape index (κ3) is 4.36. The molecule has 2 aromatic carbocycles. The van der Waals surface area contributed by atoms with Crippen LogP contribution in [0.4, 0.5) is 5.69 Å². The van der Waals surface area contributed by atoms with E-state index in [1.54, 1.807) is 24.7 Å². The van der Waals surface area contributed by atoms with Gasteiger partial charge < -0.3 is 14.5 Å². The average molecular weight is 486 g/mol. The van der Waals surface area contributed by atoms with Crippen molar-refractivity contribution < 1.29 is 13.9 Å². The van der Waals surface area contributed by atoms with Gasteiger partial charge in [-0.1, -0.05) is 41.7 Å². The van der Waals surface area contributed by atoms with Crippen LogP contribution < -0.4 is 24.9 Å². The highest BCUT2D eigenvalue weighted by atomic mass is 32.1. The van der Waals surface area contributed by atoms with Gasteiger partial charge >= 0.3 is 0 Å². The van der Waals surface area contributed by atoms with Gasteiger partial charge in [-0.15, -0.1) is 0 Å². The number of allylic oxidation sites excluding steroid dienone is 1. The molecule has 1 unspecified atom stereocenters. The molecule has 1 aliphatic heterocycles. The number of rotatable bonds is 5. The second-order valence-corrected chi connectivity index (χ2v) is 9.14. The summed E-state index contributed by atoms with van der Waals surface area (Å²) in [7, 11) is 1.58. The zero-order valence-electron chi connectivity index (χ0n) is 19.4. The maximum absolute atomic E-state index is 13.7. The predicted molar refractivity (Wildman–Crippen MR) is 135 cm³/mol. The molecule has 0 fully saturated rings. The van der Waals surface area contributed by atoms with Gasteiger partial charge in [0.05, 0.1) is 29.0 Å². The first-order valence-corrected chi connectivity index (χ1v) is 11.9. The summed E-state index contributed by atoms with van der Waals surface area (Å²) >= 11 is 1.27. The second kappa shape index (κ2) is 9.23. The summed E-state index contributed by atoms with van der Waals surface area (Å²) < 4.78 is 13.1. The van der Waals surface area contributed by atoms with Gasteiger partial charge in [0.25, 0.3) is 11.5 Å². The number of benzene rings is 2. The highest BCUT2D eigenvalue weighted by Crippen LogP contribution is 2.32. The molecule has 0 aliphatic carbocycles. The van der Waals surface area contributed by atoms with Crippen LogP contribution in [0.1, 0.15) is 30.0 Å². The largest absolute Gasteiger partial charge is 0.497 e. The fraction of sp³-hybridized carbons (Fsp3) is 0.148. The van der Waals surface area contributed by atoms with E-state index in [9.17, 15) is 9.59 Å². The second-order valence-electron chi connectivity index (χ2n) is 8.13. The summed E-state index contributed by atoms with van der Waals surface area (Å²) in [5, 5.41) is 2.95. The normalized spacial score (nSPS) is 15.5. The van der Waals surface area contributed by atoms with Crippen molar-refractivity contribution in [3.05, 3.63) is 115 Å². The Balaban J connectivity index is 1.69. The van der Waals surface area contributed by atoms with Gasteiger partial charge in [0.2, 0.25) is 0 Å². The number of hydrogen-bond acceptors (Lipinski definition) is 6. The predicted octanol–water partition coefficient (Wildman–Crippen LogP) is 3.78. The summed E-state index contributed by atoms with van der Waals surface area (Å²) in [6, 6.07) is 19.6. The van der Waals surface area contributed by atoms with Crippen molar-refractivity contribution in [3.63, 3.8) is 0 Å². The van der Waals surface area contributed by atoms with Crippen LogP contribution in [0.15, 0.2) is 92.2 Å². The molecule has 2 aromatic heterocycles. The number of fused-ring (bicyclic) bond motifs is 1. The van der Waals surface area contributed by atoms with E-state index in [1.807, 2.05) is 73.7 Å². The van der Waals surface area contributed by atoms with Crippen LogP contribution in [0.2, 0.25) is 0 Å². The number of para-hydroxylation sites is 1. The zero-order chi connectivity index (χ0) is 24.5. The molecule has 1 atom stereocenters. The van der Waals surface area contributed by atoms with Gasteiger partial charge in [0.15, 0.2) is 4.80 Å². The Hall–Kier alpha value is -4.17. The van der Waals surface area contributed by atoms with E-state index >= 15 is 0 Å². The monoisotopic (exact) mass is 485 g/mol. The Morgan fingerprint density at radius 2 is 1.91 bits per heavy atom. The van der Waals surface area contributed by atoms with Crippen molar-refractivity contribution in [3.8, 4) is 5.75 Å². The number of nitrogens with zero attached hydrogens (tertiary/aromatic N) is 2. The molecule has 0 radical (unpaired) electrons. The van der Waals surface area contributed by atoms with Crippen LogP contribution in [0.3, 0.4) is 0 Å². The van der Waals surface area contributed by atoms with Crippen molar-refractivity contribution >= 4 is 29.0 Å². The molecular weight excluding hydrogens is 462 g/mol. The quantitative estimate of drug-likeness (QED) is 0.466. The lowest BCUT2D eigenvalue weighted by Crippen LogP contribution is -2.40. The summed E-state index contributed by atoms with van der Waals surface area (Å²) in [6.45, 7) is 3.64. The molecule has 1 N–H and O–H groups in total. The zero-order valence-corrected chi connectivity index (χ0v) is 20.3. The molecule has 7 nitrogen and oxygen atoms in total. The summed E-state index contributed by atoms with van der Waals surface area (Å²) in [5.74, 6) is 1.66. The molecule has 1 amide bonds. The highest BCUT2D eigenvalue weighted by Gasteiger charge is 2.32. The molecule has 4 aromatic rings. The molecule has 176 valence electrons. The van der Waals surface area contributed by atoms with Crippen molar-refractivity contribution in [1.29, 1.82) is 0 Å². The molecule has 0 spiro atoms. The number of aryl methyl sites for hydroxylation is 1. The van der Waals surface area contributed by atoms with E-state index in [0.29, 0.717) is 37.8 Å². The van der Waals surface area contributed by atoms with Gasteiger partial charge in [-0.3, -0.25) is 14.2 Å². The molecule has 0 bridgehead atoms. The van der Waals surface area contributed by atoms with E-state index in [-0.39, 0.29) is 11.5 Å². The maximum atomic E-state index is 13.7. The Bertz CT molecular complexity index is 1630. The van der Waals surface area contributed by atoms with Crippen molar-refractivity contribution in [2.75, 3.05) is 12.4 Å². The minimum atomic E-state index is -0.675. The average Bonchev–Trinajstić information content (AvgIpc) is 3.40. The number of amides is 1. The minimum Gasteiger partial charge on any atom is -0.497 e. The number of nitrogens with one attached hydrogen (secondary N) is 1. The van der Waals surface area contributed by atoms with Crippen LogP contribution in [-0.2, 0) is 4.79 Å². The van der Waals surface area contributed by atoms with Crippen LogP contribution in [0.25, 0.3) is 6.08 Å². The number of ether oxygens (including phenoxy) is 1. The number of carbonyl (C=O) groups excluding carboxylic acids is 1. The fourth-order valence-electron chi connectivity index (χ4n) is 4.12. The van der Waals surface area contributed by atoms with E-state index in [1.165, 1.54) is 11.3 Å². The first kappa shape index (κ1) is 22.6. The standard InChI is InChI=1S/C27H23N3O4S/c1-16-12-13-21(34-16)15-22-26(32)30-24(18-8-7-11-20(14-18)33-3)23(17(2)28-27(30)35-22)25(31)29-19-9-5-4-6-10-19/h4-15,24H,1-3H3,(H,29,31). The van der Waals surface area contributed by atoms with Crippen LogP contribution >= 0.6 is 11.3 Å². The molecule has 35 heavy (non-hydrogen) atoms. The van der Waals surface area contributed by atoms with Gasteiger partial charge in [-0.05, 0) is 55.8 Å². The molecule has 0 saturated carbocycles. The van der Waals surface area contributed by atoms with E-state index in [0.717, 1.165) is 11.3 Å². The number of thiazole rings is 1. The van der Waals surface area contributed by atoms with Crippen LogP contribution in [0, 0.1) is 6.92 Å². The molecular formula is C27H23N3O4S. The SMILES string of the molecule is COc1cccc(C2C(C(=O)Nc3ccccc3)=C(C)N=c3sc(=Cc4ccc(C)o4)c(=O)n32)c1. The third-order valence-electron chi connectivity index (χ3n) is 5.74. The molecule has 1 aliphatic rings. The number of furan rings is 1. The maximum Gasteiger partial charge on any atom is 0.271 e. The lowest BCUT2D eigenvalue weighted by atomic mass is 9.95. The first-order chi connectivity index (χ1) is 16.9. The van der Waals surface area contributed by atoms with Gasteiger partial charge in [0.1, 0.15) is 17.3 Å². The van der Waals surface area contributed by atoms with Gasteiger partial charge in [-0.2, -0.15) is 0 Å². The summed E-state index contributed by atoms with van der Waals surface area (Å²) in [6.07, 6.45) is 1.71. The van der Waals surface area contributed by atoms with Crippen molar-refractivity contribution in [1.82, 2.24) is 4.57 Å². The Labute approximate surface area is 205 Å². The Kier molecular flexibility index (Phi) is 5.96. The number of hydrogen-bond donors (Lipinski definition) is 1. The van der Waals surface area contributed by atoms with E-state index in [4.69, 9.17) is 9.15 Å². The fourth-order valence-corrected chi connectivity index (χ4v) is 5.15. The van der Waals surface area contributed by atoms with Crippen molar-refractivity contribution in [2.24, 2.45) is 4.99 Å². The summed E-state index contributed by atoms with van der Waals surface area (Å²) in [4.78, 5) is 32.4.